The number of hydrogen-bond acceptors (Lipinski definition) is 2. The molecular weight excluding hydrogens is 190 g/mol. The van der Waals surface area contributed by atoms with Crippen LogP contribution in [0.25, 0.3) is 22.3 Å². The normalized spacial score (nSPS) is 11.2. The van der Waals surface area contributed by atoms with Crippen molar-refractivity contribution in [2.24, 2.45) is 0 Å². The van der Waals surface area contributed by atoms with Crippen LogP contribution >= 0.6 is 0 Å². The molecule has 15 heavy (non-hydrogen) atoms. The van der Waals surface area contributed by atoms with Crippen molar-refractivity contribution in [2.45, 2.75) is 0 Å². The molecule has 2 aromatic rings. The molecule has 0 unspecified atom stereocenters. The summed E-state index contributed by atoms with van der Waals surface area (Å²) in [4.78, 5) is 10.2. The van der Waals surface area contributed by atoms with Crippen molar-refractivity contribution < 1.29 is 4.92 Å². The average molecular weight is 197 g/mol. The summed E-state index contributed by atoms with van der Waals surface area (Å²) < 4.78 is 0. The first-order valence-corrected chi connectivity index (χ1v) is 4.65. The van der Waals surface area contributed by atoms with Gasteiger partial charge in [0.25, 0.3) is 5.69 Å². The number of non-ortho nitro benzene ring substituents is 1. The van der Waals surface area contributed by atoms with Gasteiger partial charge in [-0.05, 0) is 28.3 Å². The van der Waals surface area contributed by atoms with Gasteiger partial charge in [-0.3, -0.25) is 10.1 Å². The molecule has 72 valence electrons. The van der Waals surface area contributed by atoms with E-state index in [0.29, 0.717) is 0 Å². The fraction of sp³-hybridized carbons (Fsp3) is 0. The van der Waals surface area contributed by atoms with Crippen molar-refractivity contribution in [1.82, 2.24) is 0 Å². The van der Waals surface area contributed by atoms with Gasteiger partial charge in [-0.15, -0.1) is 0 Å². The van der Waals surface area contributed by atoms with E-state index in [9.17, 15) is 10.1 Å². The van der Waals surface area contributed by atoms with Crippen LogP contribution in [-0.2, 0) is 0 Å². The van der Waals surface area contributed by atoms with Crippen LogP contribution in [0, 0.1) is 10.1 Å². The summed E-state index contributed by atoms with van der Waals surface area (Å²) in [5.74, 6) is 0. The number of hydrogen-bond donors (Lipinski definition) is 0. The predicted octanol–water partition coefficient (Wildman–Crippen LogP) is 3.24. The number of nitro benzene ring substituents is 1. The van der Waals surface area contributed by atoms with Crippen molar-refractivity contribution in [3.8, 4) is 22.3 Å². The molecule has 0 spiro atoms. The summed E-state index contributed by atoms with van der Waals surface area (Å²) in [6, 6.07) is 12.9. The Hall–Kier alpha value is -2.16. The second-order valence-corrected chi connectivity index (χ2v) is 3.53. The maximum atomic E-state index is 10.6. The molecule has 0 radical (unpaired) electrons. The third-order valence-corrected chi connectivity index (χ3v) is 2.72. The maximum absolute atomic E-state index is 10.6. The van der Waals surface area contributed by atoms with Crippen LogP contribution in [-0.4, -0.2) is 4.92 Å². The van der Waals surface area contributed by atoms with E-state index in [2.05, 4.69) is 0 Å². The molecule has 0 bridgehead atoms. The van der Waals surface area contributed by atoms with Gasteiger partial charge in [-0.2, -0.15) is 0 Å². The number of benzene rings is 2. The zero-order valence-corrected chi connectivity index (χ0v) is 7.81. The molecule has 0 atom stereocenters. The predicted molar refractivity (Wildman–Crippen MR) is 57.5 cm³/mol. The Bertz CT molecular complexity index is 576. The van der Waals surface area contributed by atoms with Crippen molar-refractivity contribution in [1.29, 1.82) is 0 Å². The molecule has 0 fully saturated rings. The Morgan fingerprint density at radius 3 is 2.13 bits per heavy atom. The minimum Gasteiger partial charge on any atom is -0.258 e. The molecule has 1 aliphatic rings. The summed E-state index contributed by atoms with van der Waals surface area (Å²) in [5, 5.41) is 10.6. The molecule has 0 N–H and O–H groups in total. The second-order valence-electron chi connectivity index (χ2n) is 3.53. The van der Waals surface area contributed by atoms with Crippen LogP contribution in [0.3, 0.4) is 0 Å². The molecule has 0 saturated carbocycles. The molecule has 3 heteroatoms. The van der Waals surface area contributed by atoms with Gasteiger partial charge in [0.2, 0.25) is 0 Å². The lowest BCUT2D eigenvalue weighted by Crippen LogP contribution is -1.99. The average Bonchev–Trinajstić information content (AvgIpc) is 2.25. The Kier molecular flexibility index (Phi) is 1.45. The smallest absolute Gasteiger partial charge is 0.258 e. The third kappa shape index (κ3) is 1.00. The lowest BCUT2D eigenvalue weighted by atomic mass is 9.80. The summed E-state index contributed by atoms with van der Waals surface area (Å²) in [6.07, 6.45) is 0. The first-order valence-electron chi connectivity index (χ1n) is 4.65. The lowest BCUT2D eigenvalue weighted by Gasteiger charge is -2.22. The monoisotopic (exact) mass is 197 g/mol. The van der Waals surface area contributed by atoms with Crippen LogP contribution in [0.15, 0.2) is 42.5 Å². The van der Waals surface area contributed by atoms with Gasteiger partial charge in [0.1, 0.15) is 0 Å². The molecule has 0 amide bonds. The second kappa shape index (κ2) is 2.67. The van der Waals surface area contributed by atoms with E-state index in [0.717, 1.165) is 16.7 Å². The summed E-state index contributed by atoms with van der Waals surface area (Å²) in [7, 11) is 0. The molecule has 2 aromatic carbocycles. The highest BCUT2D eigenvalue weighted by Crippen LogP contribution is 2.47. The van der Waals surface area contributed by atoms with Crippen LogP contribution in [0.4, 0.5) is 5.69 Å². The van der Waals surface area contributed by atoms with E-state index in [1.807, 2.05) is 30.3 Å². The highest BCUT2D eigenvalue weighted by atomic mass is 16.6. The van der Waals surface area contributed by atoms with Crippen molar-refractivity contribution in [2.75, 3.05) is 0 Å². The van der Waals surface area contributed by atoms with Gasteiger partial charge >= 0.3 is 0 Å². The van der Waals surface area contributed by atoms with Crippen LogP contribution in [0.1, 0.15) is 0 Å². The van der Waals surface area contributed by atoms with Crippen molar-refractivity contribution in [3.05, 3.63) is 52.6 Å². The van der Waals surface area contributed by atoms with Gasteiger partial charge in [0, 0.05) is 12.1 Å². The molecule has 3 nitrogen and oxygen atoms in total. The van der Waals surface area contributed by atoms with E-state index >= 15 is 0 Å². The van der Waals surface area contributed by atoms with E-state index in [1.54, 1.807) is 12.1 Å². The molecule has 0 saturated heterocycles. The first-order chi connectivity index (χ1) is 7.27. The van der Waals surface area contributed by atoms with Crippen molar-refractivity contribution in [3.63, 3.8) is 0 Å². The number of nitro groups is 1. The topological polar surface area (TPSA) is 43.1 Å². The molecule has 1 aliphatic carbocycles. The van der Waals surface area contributed by atoms with Crippen LogP contribution in [0.5, 0.6) is 0 Å². The quantitative estimate of drug-likeness (QED) is 0.444. The van der Waals surface area contributed by atoms with Crippen molar-refractivity contribution >= 4 is 5.69 Å². The summed E-state index contributed by atoms with van der Waals surface area (Å²) >= 11 is 0. The number of rotatable bonds is 1. The van der Waals surface area contributed by atoms with E-state index in [1.165, 1.54) is 5.56 Å². The Balaban J connectivity index is 2.19. The zero-order chi connectivity index (χ0) is 10.4. The highest BCUT2D eigenvalue weighted by molar-refractivity contribution is 6.02. The van der Waals surface area contributed by atoms with E-state index < -0.39 is 0 Å². The van der Waals surface area contributed by atoms with Gasteiger partial charge in [-0.25, -0.2) is 0 Å². The lowest BCUT2D eigenvalue weighted by molar-refractivity contribution is -0.384. The van der Waals surface area contributed by atoms with Gasteiger partial charge in [0.05, 0.1) is 4.92 Å². The van der Waals surface area contributed by atoms with Gasteiger partial charge in [0.15, 0.2) is 0 Å². The SMILES string of the molecule is O=[N+]([O-])c1ccc2c(c1)-c1ccccc1-2. The Morgan fingerprint density at radius 1 is 0.867 bits per heavy atom. The Morgan fingerprint density at radius 2 is 1.47 bits per heavy atom. The van der Waals surface area contributed by atoms with Crippen LogP contribution < -0.4 is 0 Å². The molecule has 0 aromatic heterocycles. The molecule has 3 rings (SSSR count). The minimum absolute atomic E-state index is 0.156. The number of nitrogens with zero attached hydrogens (tertiary/aromatic N) is 1. The molecule has 0 heterocycles. The highest BCUT2D eigenvalue weighted by Gasteiger charge is 2.23. The van der Waals surface area contributed by atoms with E-state index in [4.69, 9.17) is 0 Å². The third-order valence-electron chi connectivity index (χ3n) is 2.72. The molecule has 0 aliphatic heterocycles. The Labute approximate surface area is 86.1 Å². The standard InChI is InChI=1S/C12H7NO2/c14-13(15)8-5-6-11-9-3-1-2-4-10(9)12(11)7-8/h1-7H. The largest absolute Gasteiger partial charge is 0.270 e. The van der Waals surface area contributed by atoms with E-state index in [-0.39, 0.29) is 10.6 Å². The summed E-state index contributed by atoms with van der Waals surface area (Å²) in [6.45, 7) is 0. The first kappa shape index (κ1) is 8.17. The fourth-order valence-electron chi connectivity index (χ4n) is 1.99. The van der Waals surface area contributed by atoms with Gasteiger partial charge in [-0.1, -0.05) is 24.3 Å². The summed E-state index contributed by atoms with van der Waals surface area (Å²) in [5.41, 5.74) is 4.54. The van der Waals surface area contributed by atoms with Gasteiger partial charge < -0.3 is 0 Å². The maximum Gasteiger partial charge on any atom is 0.270 e. The zero-order valence-electron chi connectivity index (χ0n) is 7.81. The molecular formula is C12H7NO2. The fourth-order valence-corrected chi connectivity index (χ4v) is 1.99. The minimum atomic E-state index is -0.360. The van der Waals surface area contributed by atoms with Crippen LogP contribution in [0.2, 0.25) is 0 Å². The number of fused-ring (bicyclic) bond motifs is 4.